The van der Waals surface area contributed by atoms with E-state index in [0.29, 0.717) is 5.69 Å². The zero-order valence-corrected chi connectivity index (χ0v) is 9.22. The maximum atomic E-state index is 9.07. The van der Waals surface area contributed by atoms with Crippen molar-refractivity contribution >= 4 is 5.82 Å². The number of nitrogens with zero attached hydrogens (tertiary/aromatic N) is 4. The Kier molecular flexibility index (Phi) is 2.26. The van der Waals surface area contributed by atoms with Gasteiger partial charge in [0.1, 0.15) is 17.7 Å². The fraction of sp³-hybridized carbons (Fsp3) is 0.250. The van der Waals surface area contributed by atoms with Crippen LogP contribution >= 0.6 is 0 Å². The van der Waals surface area contributed by atoms with Gasteiger partial charge in [0.25, 0.3) is 0 Å². The minimum Gasteiger partial charge on any atom is -0.369 e. The van der Waals surface area contributed by atoms with Crippen LogP contribution in [0.25, 0.3) is 11.4 Å². The molecule has 17 heavy (non-hydrogen) atoms. The highest BCUT2D eigenvalue weighted by atomic mass is 15.2. The van der Waals surface area contributed by atoms with Crippen molar-refractivity contribution < 1.29 is 0 Å². The summed E-state index contributed by atoms with van der Waals surface area (Å²) >= 11 is 0. The highest BCUT2D eigenvalue weighted by Crippen LogP contribution is 2.27. The summed E-state index contributed by atoms with van der Waals surface area (Å²) in [5.41, 5.74) is 1.41. The van der Waals surface area contributed by atoms with Gasteiger partial charge in [-0.15, -0.1) is 0 Å². The summed E-state index contributed by atoms with van der Waals surface area (Å²) in [6.07, 6.45) is 4.54. The van der Waals surface area contributed by atoms with Crippen LogP contribution in [0.15, 0.2) is 24.5 Å². The number of imidazole rings is 1. The van der Waals surface area contributed by atoms with Crippen molar-refractivity contribution in [3.05, 3.63) is 30.2 Å². The number of pyridine rings is 1. The van der Waals surface area contributed by atoms with Gasteiger partial charge < -0.3 is 9.88 Å². The molecule has 1 N–H and O–H groups in total. The summed E-state index contributed by atoms with van der Waals surface area (Å²) in [5.74, 6) is 1.65. The van der Waals surface area contributed by atoms with Crippen molar-refractivity contribution in [3.63, 3.8) is 0 Å². The second kappa shape index (κ2) is 3.91. The van der Waals surface area contributed by atoms with Gasteiger partial charge in [0.15, 0.2) is 5.69 Å². The van der Waals surface area contributed by atoms with Crippen molar-refractivity contribution in [2.45, 2.75) is 13.0 Å². The molecule has 0 unspecified atom stereocenters. The lowest BCUT2D eigenvalue weighted by atomic mass is 10.2. The number of rotatable bonds is 1. The summed E-state index contributed by atoms with van der Waals surface area (Å²) in [6, 6.07) is 5.96. The highest BCUT2D eigenvalue weighted by Gasteiger charge is 2.20. The molecule has 0 fully saturated rings. The van der Waals surface area contributed by atoms with E-state index in [2.05, 4.69) is 25.9 Å². The lowest BCUT2D eigenvalue weighted by Gasteiger charge is -2.18. The van der Waals surface area contributed by atoms with E-state index in [1.165, 1.54) is 0 Å². The zero-order valence-electron chi connectivity index (χ0n) is 9.22. The van der Waals surface area contributed by atoms with Gasteiger partial charge in [-0.3, -0.25) is 4.98 Å². The maximum absolute atomic E-state index is 9.07. The molecule has 1 aliphatic heterocycles. The van der Waals surface area contributed by atoms with Gasteiger partial charge in [0.2, 0.25) is 0 Å². The smallest absolute Gasteiger partial charge is 0.183 e. The molecule has 0 saturated heterocycles. The van der Waals surface area contributed by atoms with E-state index in [0.717, 1.165) is 36.7 Å². The van der Waals surface area contributed by atoms with Crippen LogP contribution in [0.3, 0.4) is 0 Å². The number of nitriles is 1. The second-order valence-electron chi connectivity index (χ2n) is 3.92. The molecule has 3 heterocycles. The zero-order chi connectivity index (χ0) is 11.7. The van der Waals surface area contributed by atoms with Crippen LogP contribution in [-0.2, 0) is 6.54 Å². The molecule has 3 rings (SSSR count). The van der Waals surface area contributed by atoms with Crippen molar-refractivity contribution in [1.82, 2.24) is 14.5 Å². The van der Waals surface area contributed by atoms with E-state index < -0.39 is 0 Å². The van der Waals surface area contributed by atoms with Crippen molar-refractivity contribution in [2.24, 2.45) is 0 Å². The van der Waals surface area contributed by atoms with Crippen LogP contribution in [0.2, 0.25) is 0 Å². The Bertz CT molecular complexity index is 579. The topological polar surface area (TPSA) is 66.5 Å². The Morgan fingerprint density at radius 2 is 2.41 bits per heavy atom. The number of hydrogen-bond donors (Lipinski definition) is 1. The molecule has 5 nitrogen and oxygen atoms in total. The standard InChI is InChI=1S/C12H11N5/c13-7-10-12-15-5-2-6-17(12)11(16-10)9-3-1-4-14-8-9/h1,3-4,8,15H,2,5-6H2. The van der Waals surface area contributed by atoms with Crippen molar-refractivity contribution in [3.8, 4) is 17.5 Å². The van der Waals surface area contributed by atoms with Crippen LogP contribution in [0.4, 0.5) is 5.82 Å². The first-order valence-electron chi connectivity index (χ1n) is 5.55. The molecule has 2 aromatic heterocycles. The van der Waals surface area contributed by atoms with Gasteiger partial charge >= 0.3 is 0 Å². The Labute approximate surface area is 98.7 Å². The summed E-state index contributed by atoms with van der Waals surface area (Å²) in [7, 11) is 0. The molecule has 0 saturated carbocycles. The average molecular weight is 225 g/mol. The normalized spacial score (nSPS) is 13.6. The minimum atomic E-state index is 0.462. The third kappa shape index (κ3) is 1.54. The van der Waals surface area contributed by atoms with Crippen LogP contribution < -0.4 is 5.32 Å². The molecule has 84 valence electrons. The lowest BCUT2D eigenvalue weighted by Crippen LogP contribution is -2.17. The first kappa shape index (κ1) is 9.85. The van der Waals surface area contributed by atoms with Gasteiger partial charge in [-0.05, 0) is 18.6 Å². The molecular formula is C12H11N5. The Balaban J connectivity index is 2.18. The first-order valence-corrected chi connectivity index (χ1v) is 5.55. The molecule has 0 amide bonds. The van der Waals surface area contributed by atoms with Gasteiger partial charge in [0.05, 0.1) is 0 Å². The monoisotopic (exact) mass is 225 g/mol. The fourth-order valence-electron chi connectivity index (χ4n) is 2.09. The molecular weight excluding hydrogens is 214 g/mol. The van der Waals surface area contributed by atoms with E-state index in [1.54, 1.807) is 12.4 Å². The number of anilines is 1. The number of fused-ring (bicyclic) bond motifs is 1. The molecule has 0 aliphatic carbocycles. The first-order chi connectivity index (χ1) is 8.40. The SMILES string of the molecule is N#Cc1nc(-c2cccnc2)n2c1NCCC2. The summed E-state index contributed by atoms with van der Waals surface area (Å²) in [6.45, 7) is 1.79. The molecule has 0 spiro atoms. The van der Waals surface area contributed by atoms with Crippen LogP contribution in [0.1, 0.15) is 12.1 Å². The predicted molar refractivity (Wildman–Crippen MR) is 63.3 cm³/mol. The fourth-order valence-corrected chi connectivity index (χ4v) is 2.09. The van der Waals surface area contributed by atoms with Gasteiger partial charge in [-0.2, -0.15) is 5.26 Å². The molecule has 0 radical (unpaired) electrons. The average Bonchev–Trinajstić information content (AvgIpc) is 2.78. The van der Waals surface area contributed by atoms with E-state index in [9.17, 15) is 0 Å². The van der Waals surface area contributed by atoms with Gasteiger partial charge in [-0.25, -0.2) is 4.98 Å². The van der Waals surface area contributed by atoms with Crippen LogP contribution in [0.5, 0.6) is 0 Å². The van der Waals surface area contributed by atoms with Crippen molar-refractivity contribution in [2.75, 3.05) is 11.9 Å². The number of aromatic nitrogens is 3. The Hall–Kier alpha value is -2.35. The van der Waals surface area contributed by atoms with Crippen LogP contribution in [-0.4, -0.2) is 21.1 Å². The summed E-state index contributed by atoms with van der Waals surface area (Å²) < 4.78 is 2.05. The molecule has 0 bridgehead atoms. The second-order valence-corrected chi connectivity index (χ2v) is 3.92. The lowest BCUT2D eigenvalue weighted by molar-refractivity contribution is 0.635. The number of nitrogens with one attached hydrogen (secondary N) is 1. The summed E-state index contributed by atoms with van der Waals surface area (Å²) in [4.78, 5) is 8.47. The molecule has 5 heteroatoms. The predicted octanol–water partition coefficient (Wildman–Crippen LogP) is 1.63. The van der Waals surface area contributed by atoms with E-state index >= 15 is 0 Å². The quantitative estimate of drug-likeness (QED) is 0.801. The third-order valence-electron chi connectivity index (χ3n) is 2.84. The third-order valence-corrected chi connectivity index (χ3v) is 2.84. The minimum absolute atomic E-state index is 0.462. The maximum Gasteiger partial charge on any atom is 0.183 e. The van der Waals surface area contributed by atoms with Crippen LogP contribution in [0, 0.1) is 11.3 Å². The Morgan fingerprint density at radius 1 is 1.47 bits per heavy atom. The van der Waals surface area contributed by atoms with E-state index in [-0.39, 0.29) is 0 Å². The Morgan fingerprint density at radius 3 is 3.18 bits per heavy atom. The van der Waals surface area contributed by atoms with Gasteiger partial charge in [-0.1, -0.05) is 0 Å². The van der Waals surface area contributed by atoms with Gasteiger partial charge in [0, 0.05) is 31.0 Å². The molecule has 0 atom stereocenters. The molecule has 1 aliphatic rings. The molecule has 2 aromatic rings. The largest absolute Gasteiger partial charge is 0.369 e. The molecule has 0 aromatic carbocycles. The summed E-state index contributed by atoms with van der Waals surface area (Å²) in [5, 5.41) is 12.3. The highest BCUT2D eigenvalue weighted by molar-refractivity contribution is 5.63. The van der Waals surface area contributed by atoms with Crippen molar-refractivity contribution in [1.29, 1.82) is 5.26 Å². The van der Waals surface area contributed by atoms with E-state index in [1.807, 2.05) is 12.1 Å². The van der Waals surface area contributed by atoms with E-state index in [4.69, 9.17) is 5.26 Å². The number of hydrogen-bond acceptors (Lipinski definition) is 4.